The molecule has 1 nitrogen and oxygen atoms in total. The van der Waals surface area contributed by atoms with Gasteiger partial charge in [0, 0.05) is 17.5 Å². The van der Waals surface area contributed by atoms with E-state index in [9.17, 15) is 0 Å². The molecule has 0 amide bonds. The molecule has 0 spiro atoms. The van der Waals surface area contributed by atoms with Crippen LogP contribution in [0.15, 0.2) is 23.1 Å². The van der Waals surface area contributed by atoms with Crippen LogP contribution in [-0.2, 0) is 6.54 Å². The number of rotatable bonds is 8. The molecule has 1 aromatic rings. The summed E-state index contributed by atoms with van der Waals surface area (Å²) in [5.74, 6) is 1.25. The van der Waals surface area contributed by atoms with Crippen LogP contribution in [0.5, 0.6) is 0 Å². The quantitative estimate of drug-likeness (QED) is 0.536. The summed E-state index contributed by atoms with van der Waals surface area (Å²) in [5.41, 5.74) is 2.82. The predicted octanol–water partition coefficient (Wildman–Crippen LogP) is 4.78. The van der Waals surface area contributed by atoms with Crippen LogP contribution in [0.4, 0.5) is 0 Å². The van der Waals surface area contributed by atoms with Crippen LogP contribution < -0.4 is 5.32 Å². The summed E-state index contributed by atoms with van der Waals surface area (Å²) in [7, 11) is 0. The Bertz CT molecular complexity index is 347. The molecule has 0 radical (unpaired) electrons. The molecule has 0 saturated heterocycles. The lowest BCUT2D eigenvalue weighted by Crippen LogP contribution is -2.22. The van der Waals surface area contributed by atoms with Crippen LogP contribution >= 0.6 is 11.8 Å². The van der Waals surface area contributed by atoms with Crippen LogP contribution in [-0.4, -0.2) is 11.8 Å². The highest BCUT2D eigenvalue weighted by molar-refractivity contribution is 7.99. The Balaban J connectivity index is 2.46. The molecule has 102 valence electrons. The van der Waals surface area contributed by atoms with E-state index in [4.69, 9.17) is 0 Å². The molecule has 0 heterocycles. The average molecular weight is 265 g/mol. The molecule has 0 fully saturated rings. The molecule has 0 atom stereocenters. The number of unbranched alkanes of at least 4 members (excludes halogenated alkanes) is 2. The number of hydrogen-bond donors (Lipinski definition) is 1. The summed E-state index contributed by atoms with van der Waals surface area (Å²) in [5, 5.41) is 3.48. The number of hydrogen-bond acceptors (Lipinski definition) is 2. The van der Waals surface area contributed by atoms with Crippen molar-refractivity contribution in [2.75, 3.05) is 5.75 Å². The largest absolute Gasteiger partial charge is 0.310 e. The van der Waals surface area contributed by atoms with Crippen molar-refractivity contribution < 1.29 is 0 Å². The van der Waals surface area contributed by atoms with Gasteiger partial charge in [-0.25, -0.2) is 0 Å². The zero-order valence-corrected chi connectivity index (χ0v) is 13.1. The van der Waals surface area contributed by atoms with Gasteiger partial charge in [-0.2, -0.15) is 0 Å². The maximum absolute atomic E-state index is 3.48. The van der Waals surface area contributed by atoms with E-state index >= 15 is 0 Å². The third kappa shape index (κ3) is 5.92. The van der Waals surface area contributed by atoms with Crippen molar-refractivity contribution in [3.05, 3.63) is 29.3 Å². The number of thioether (sulfide) groups is 1. The molecule has 2 heteroatoms. The molecule has 0 bridgehead atoms. The third-order valence-corrected chi connectivity index (χ3v) is 4.11. The van der Waals surface area contributed by atoms with Gasteiger partial charge in [-0.1, -0.05) is 39.7 Å². The zero-order chi connectivity index (χ0) is 13.4. The molecule has 0 aromatic heterocycles. The average Bonchev–Trinajstić information content (AvgIpc) is 2.33. The first-order valence-corrected chi connectivity index (χ1v) is 8.07. The Morgan fingerprint density at radius 3 is 2.61 bits per heavy atom. The van der Waals surface area contributed by atoms with Gasteiger partial charge in [0.25, 0.3) is 0 Å². The first-order valence-electron chi connectivity index (χ1n) is 7.09. The van der Waals surface area contributed by atoms with Gasteiger partial charge >= 0.3 is 0 Å². The highest BCUT2D eigenvalue weighted by Gasteiger charge is 2.01. The van der Waals surface area contributed by atoms with E-state index < -0.39 is 0 Å². The fraction of sp³-hybridized carbons (Fsp3) is 0.625. The Morgan fingerprint density at radius 1 is 1.22 bits per heavy atom. The summed E-state index contributed by atoms with van der Waals surface area (Å²) in [6, 6.07) is 7.41. The van der Waals surface area contributed by atoms with E-state index in [2.05, 4.69) is 51.2 Å². The van der Waals surface area contributed by atoms with Crippen molar-refractivity contribution in [3.63, 3.8) is 0 Å². The second-order valence-corrected chi connectivity index (χ2v) is 6.35. The van der Waals surface area contributed by atoms with Gasteiger partial charge in [-0.3, -0.25) is 0 Å². The summed E-state index contributed by atoms with van der Waals surface area (Å²) < 4.78 is 0. The minimum atomic E-state index is 0.549. The van der Waals surface area contributed by atoms with Gasteiger partial charge in [0.1, 0.15) is 0 Å². The molecule has 0 saturated carbocycles. The van der Waals surface area contributed by atoms with E-state index in [0.717, 1.165) is 6.54 Å². The van der Waals surface area contributed by atoms with Gasteiger partial charge in [0.05, 0.1) is 0 Å². The van der Waals surface area contributed by atoms with Crippen molar-refractivity contribution >= 4 is 11.8 Å². The van der Waals surface area contributed by atoms with Crippen molar-refractivity contribution in [1.29, 1.82) is 0 Å². The Labute approximate surface area is 117 Å². The van der Waals surface area contributed by atoms with Crippen LogP contribution in [0.25, 0.3) is 0 Å². The summed E-state index contributed by atoms with van der Waals surface area (Å²) in [6.45, 7) is 9.82. The van der Waals surface area contributed by atoms with Crippen molar-refractivity contribution in [2.24, 2.45) is 0 Å². The van der Waals surface area contributed by atoms with Crippen molar-refractivity contribution in [2.45, 2.75) is 64.4 Å². The highest BCUT2D eigenvalue weighted by Crippen LogP contribution is 2.22. The number of aryl methyl sites for hydroxylation is 1. The van der Waals surface area contributed by atoms with Crippen LogP contribution in [0.1, 0.15) is 51.2 Å². The molecule has 1 aromatic carbocycles. The molecular weight excluding hydrogens is 238 g/mol. The number of benzene rings is 1. The van der Waals surface area contributed by atoms with E-state index in [1.54, 1.807) is 0 Å². The molecular formula is C16H27NS. The zero-order valence-electron chi connectivity index (χ0n) is 12.3. The first-order chi connectivity index (χ1) is 8.63. The summed E-state index contributed by atoms with van der Waals surface area (Å²) in [6.07, 6.45) is 3.98. The van der Waals surface area contributed by atoms with Crippen molar-refractivity contribution in [1.82, 2.24) is 5.32 Å². The van der Waals surface area contributed by atoms with Gasteiger partial charge in [0.2, 0.25) is 0 Å². The summed E-state index contributed by atoms with van der Waals surface area (Å²) in [4.78, 5) is 1.41. The molecule has 0 aliphatic carbocycles. The highest BCUT2D eigenvalue weighted by atomic mass is 32.2. The first kappa shape index (κ1) is 15.6. The van der Waals surface area contributed by atoms with Gasteiger partial charge in [-0.05, 0) is 42.4 Å². The lowest BCUT2D eigenvalue weighted by molar-refractivity contribution is 0.587. The second-order valence-electron chi connectivity index (χ2n) is 5.18. The van der Waals surface area contributed by atoms with E-state index in [0.29, 0.717) is 6.04 Å². The van der Waals surface area contributed by atoms with Crippen molar-refractivity contribution in [3.8, 4) is 0 Å². The SMILES string of the molecule is CCCCCSc1ccc(CNC(C)C)c(C)c1. The lowest BCUT2D eigenvalue weighted by atomic mass is 10.1. The molecule has 1 rings (SSSR count). The molecule has 0 unspecified atom stereocenters. The second kappa shape index (κ2) is 8.60. The van der Waals surface area contributed by atoms with Gasteiger partial charge < -0.3 is 5.32 Å². The molecule has 1 N–H and O–H groups in total. The fourth-order valence-corrected chi connectivity index (χ4v) is 2.82. The van der Waals surface area contributed by atoms with Crippen LogP contribution in [0, 0.1) is 6.92 Å². The predicted molar refractivity (Wildman–Crippen MR) is 83.4 cm³/mol. The van der Waals surface area contributed by atoms with Gasteiger partial charge in [0.15, 0.2) is 0 Å². The lowest BCUT2D eigenvalue weighted by Gasteiger charge is -2.11. The number of nitrogens with one attached hydrogen (secondary N) is 1. The minimum absolute atomic E-state index is 0.549. The van der Waals surface area contributed by atoms with Crippen LogP contribution in [0.3, 0.4) is 0 Å². The topological polar surface area (TPSA) is 12.0 Å². The summed E-state index contributed by atoms with van der Waals surface area (Å²) >= 11 is 1.99. The van der Waals surface area contributed by atoms with E-state index in [1.165, 1.54) is 41.0 Å². The fourth-order valence-electron chi connectivity index (χ4n) is 1.81. The maximum atomic E-state index is 3.48. The third-order valence-electron chi connectivity index (χ3n) is 3.03. The monoisotopic (exact) mass is 265 g/mol. The minimum Gasteiger partial charge on any atom is -0.310 e. The molecule has 0 aliphatic rings. The smallest absolute Gasteiger partial charge is 0.0210 e. The maximum Gasteiger partial charge on any atom is 0.0210 e. The van der Waals surface area contributed by atoms with Crippen LogP contribution in [0.2, 0.25) is 0 Å². The standard InChI is InChI=1S/C16H27NS/c1-5-6-7-10-18-16-9-8-15(14(4)11-16)12-17-13(2)3/h8-9,11,13,17H,5-7,10,12H2,1-4H3. The Morgan fingerprint density at radius 2 is 2.00 bits per heavy atom. The van der Waals surface area contributed by atoms with Gasteiger partial charge in [-0.15, -0.1) is 11.8 Å². The van der Waals surface area contributed by atoms with E-state index in [1.807, 2.05) is 11.8 Å². The molecule has 18 heavy (non-hydrogen) atoms. The Kier molecular flexibility index (Phi) is 7.45. The van der Waals surface area contributed by atoms with E-state index in [-0.39, 0.29) is 0 Å². The Hall–Kier alpha value is -0.470. The molecule has 0 aliphatic heterocycles. The normalized spacial score (nSPS) is 11.2.